The van der Waals surface area contributed by atoms with Gasteiger partial charge < -0.3 is 4.74 Å². The van der Waals surface area contributed by atoms with Gasteiger partial charge >= 0.3 is 0 Å². The van der Waals surface area contributed by atoms with Crippen LogP contribution in [-0.4, -0.2) is 12.1 Å². The molecule has 0 radical (unpaired) electrons. The number of rotatable bonds is 5. The molecule has 4 nitrogen and oxygen atoms in total. The lowest BCUT2D eigenvalue weighted by Gasteiger charge is -2.17. The Labute approximate surface area is 121 Å². The molecule has 3 N–H and O–H groups in total. The minimum Gasteiger partial charge on any atom is -0.496 e. The molecule has 0 amide bonds. The van der Waals surface area contributed by atoms with Crippen molar-refractivity contribution in [2.24, 2.45) is 5.84 Å². The fourth-order valence-electron chi connectivity index (χ4n) is 1.96. The molecular formula is C14H16BrN3O. The summed E-state index contributed by atoms with van der Waals surface area (Å²) >= 11 is 3.47. The number of hydrazine groups is 1. The average molecular weight is 322 g/mol. The van der Waals surface area contributed by atoms with Crippen molar-refractivity contribution in [3.8, 4) is 5.75 Å². The van der Waals surface area contributed by atoms with Crippen LogP contribution in [0.25, 0.3) is 0 Å². The molecule has 2 rings (SSSR count). The number of nitrogens with one attached hydrogen (secondary N) is 1. The number of pyridine rings is 1. The number of ether oxygens (including phenoxy) is 1. The second kappa shape index (κ2) is 6.65. The van der Waals surface area contributed by atoms with Gasteiger partial charge in [-0.15, -0.1) is 0 Å². The summed E-state index contributed by atoms with van der Waals surface area (Å²) in [5, 5.41) is 0. The van der Waals surface area contributed by atoms with Crippen LogP contribution in [0.2, 0.25) is 0 Å². The van der Waals surface area contributed by atoms with E-state index in [9.17, 15) is 0 Å². The highest BCUT2D eigenvalue weighted by atomic mass is 79.9. The molecule has 1 unspecified atom stereocenters. The number of hydrogen-bond acceptors (Lipinski definition) is 4. The van der Waals surface area contributed by atoms with Crippen LogP contribution in [0.3, 0.4) is 0 Å². The van der Waals surface area contributed by atoms with E-state index < -0.39 is 0 Å². The number of methoxy groups -OCH3 is 1. The van der Waals surface area contributed by atoms with Crippen LogP contribution in [0.4, 0.5) is 0 Å². The van der Waals surface area contributed by atoms with Crippen LogP contribution in [-0.2, 0) is 6.42 Å². The Morgan fingerprint density at radius 1 is 1.37 bits per heavy atom. The topological polar surface area (TPSA) is 60.2 Å². The number of hydrogen-bond donors (Lipinski definition) is 2. The molecule has 100 valence electrons. The highest BCUT2D eigenvalue weighted by molar-refractivity contribution is 9.10. The third-order valence-corrected chi connectivity index (χ3v) is 3.41. The second-order valence-corrected chi connectivity index (χ2v) is 5.05. The first kappa shape index (κ1) is 14.0. The van der Waals surface area contributed by atoms with Crippen LogP contribution in [0, 0.1) is 0 Å². The summed E-state index contributed by atoms with van der Waals surface area (Å²) in [5.74, 6) is 6.49. The fourth-order valence-corrected chi connectivity index (χ4v) is 2.37. The zero-order valence-electron chi connectivity index (χ0n) is 10.6. The summed E-state index contributed by atoms with van der Waals surface area (Å²) in [6.07, 6.45) is 2.47. The average Bonchev–Trinajstić information content (AvgIpc) is 2.46. The van der Waals surface area contributed by atoms with Crippen molar-refractivity contribution in [1.82, 2.24) is 10.4 Å². The third-order valence-electron chi connectivity index (χ3n) is 2.91. The van der Waals surface area contributed by atoms with E-state index in [-0.39, 0.29) is 6.04 Å². The van der Waals surface area contributed by atoms with Gasteiger partial charge in [0.1, 0.15) is 5.75 Å². The summed E-state index contributed by atoms with van der Waals surface area (Å²) in [6, 6.07) is 11.7. The number of nitrogens with zero attached hydrogens (tertiary/aromatic N) is 1. The maximum absolute atomic E-state index is 5.64. The normalized spacial score (nSPS) is 12.2. The predicted molar refractivity (Wildman–Crippen MR) is 78.7 cm³/mol. The summed E-state index contributed by atoms with van der Waals surface area (Å²) in [7, 11) is 1.67. The van der Waals surface area contributed by atoms with E-state index in [1.807, 2.05) is 36.4 Å². The van der Waals surface area contributed by atoms with Crippen LogP contribution in [0.1, 0.15) is 17.3 Å². The smallest absolute Gasteiger partial charge is 0.122 e. The Morgan fingerprint density at radius 2 is 2.21 bits per heavy atom. The lowest BCUT2D eigenvalue weighted by atomic mass is 10.0. The van der Waals surface area contributed by atoms with E-state index in [0.717, 1.165) is 21.5 Å². The molecule has 19 heavy (non-hydrogen) atoms. The van der Waals surface area contributed by atoms with Crippen molar-refractivity contribution < 1.29 is 4.74 Å². The molecule has 0 aliphatic rings. The Kier molecular flexibility index (Phi) is 4.90. The SMILES string of the molecule is COc1ccc(Br)cc1CC(NN)c1ccccn1. The van der Waals surface area contributed by atoms with Crippen molar-refractivity contribution in [2.75, 3.05) is 7.11 Å². The van der Waals surface area contributed by atoms with Crippen LogP contribution in [0.5, 0.6) is 5.75 Å². The molecule has 0 fully saturated rings. The minimum absolute atomic E-state index is 0.0515. The molecule has 5 heteroatoms. The first-order valence-electron chi connectivity index (χ1n) is 5.94. The molecule has 1 aromatic heterocycles. The van der Waals surface area contributed by atoms with E-state index in [0.29, 0.717) is 6.42 Å². The predicted octanol–water partition coefficient (Wildman–Crippen LogP) is 2.60. The summed E-state index contributed by atoms with van der Waals surface area (Å²) in [6.45, 7) is 0. The van der Waals surface area contributed by atoms with Gasteiger partial charge in [-0.25, -0.2) is 0 Å². The minimum atomic E-state index is -0.0515. The van der Waals surface area contributed by atoms with Crippen molar-refractivity contribution >= 4 is 15.9 Å². The van der Waals surface area contributed by atoms with Gasteiger partial charge in [0.25, 0.3) is 0 Å². The van der Waals surface area contributed by atoms with Gasteiger partial charge in [-0.3, -0.25) is 16.3 Å². The second-order valence-electron chi connectivity index (χ2n) is 4.13. The number of nitrogens with two attached hydrogens (primary N) is 1. The summed E-state index contributed by atoms with van der Waals surface area (Å²) < 4.78 is 6.39. The molecule has 0 aliphatic carbocycles. The summed E-state index contributed by atoms with van der Waals surface area (Å²) in [4.78, 5) is 4.33. The van der Waals surface area contributed by atoms with Gasteiger partial charge in [0.2, 0.25) is 0 Å². The van der Waals surface area contributed by atoms with Gasteiger partial charge in [-0.1, -0.05) is 22.0 Å². The lowest BCUT2D eigenvalue weighted by Crippen LogP contribution is -2.30. The van der Waals surface area contributed by atoms with Gasteiger partial charge in [0, 0.05) is 10.7 Å². The molecule has 0 saturated heterocycles. The molecule has 1 aromatic carbocycles. The highest BCUT2D eigenvalue weighted by Crippen LogP contribution is 2.27. The Hall–Kier alpha value is -1.43. The van der Waals surface area contributed by atoms with E-state index in [4.69, 9.17) is 10.6 Å². The zero-order chi connectivity index (χ0) is 13.7. The van der Waals surface area contributed by atoms with Crippen LogP contribution >= 0.6 is 15.9 Å². The van der Waals surface area contributed by atoms with E-state index in [1.54, 1.807) is 13.3 Å². The molecular weight excluding hydrogens is 306 g/mol. The van der Waals surface area contributed by atoms with Crippen molar-refractivity contribution in [3.05, 3.63) is 58.3 Å². The Morgan fingerprint density at radius 3 is 2.84 bits per heavy atom. The van der Waals surface area contributed by atoms with Crippen LogP contribution in [0.15, 0.2) is 47.1 Å². The number of halogens is 1. The first-order chi connectivity index (χ1) is 9.24. The van der Waals surface area contributed by atoms with Gasteiger partial charge in [-0.2, -0.15) is 0 Å². The Balaban J connectivity index is 2.26. The number of benzene rings is 1. The number of aromatic nitrogens is 1. The molecule has 1 atom stereocenters. The van der Waals surface area contributed by atoms with Gasteiger partial charge in [-0.05, 0) is 42.3 Å². The summed E-state index contributed by atoms with van der Waals surface area (Å²) in [5.41, 5.74) is 4.79. The van der Waals surface area contributed by atoms with E-state index in [1.165, 1.54) is 0 Å². The lowest BCUT2D eigenvalue weighted by molar-refractivity contribution is 0.405. The molecule has 0 aliphatic heterocycles. The molecule has 0 spiro atoms. The molecule has 2 aromatic rings. The zero-order valence-corrected chi connectivity index (χ0v) is 12.2. The standard InChI is InChI=1S/C14H16BrN3O/c1-19-14-6-5-11(15)8-10(14)9-13(18-16)12-4-2-3-7-17-12/h2-8,13,18H,9,16H2,1H3. The molecule has 1 heterocycles. The molecule has 0 saturated carbocycles. The molecule has 0 bridgehead atoms. The first-order valence-corrected chi connectivity index (χ1v) is 6.73. The van der Waals surface area contributed by atoms with E-state index >= 15 is 0 Å². The van der Waals surface area contributed by atoms with Crippen molar-refractivity contribution in [1.29, 1.82) is 0 Å². The van der Waals surface area contributed by atoms with E-state index in [2.05, 4.69) is 26.3 Å². The third kappa shape index (κ3) is 3.53. The van der Waals surface area contributed by atoms with Crippen molar-refractivity contribution in [2.45, 2.75) is 12.5 Å². The Bertz CT molecular complexity index is 533. The maximum Gasteiger partial charge on any atom is 0.122 e. The van der Waals surface area contributed by atoms with Gasteiger partial charge in [0.05, 0.1) is 18.8 Å². The maximum atomic E-state index is 5.64. The highest BCUT2D eigenvalue weighted by Gasteiger charge is 2.14. The quantitative estimate of drug-likeness (QED) is 0.656. The van der Waals surface area contributed by atoms with Gasteiger partial charge in [0.15, 0.2) is 0 Å². The monoisotopic (exact) mass is 321 g/mol. The van der Waals surface area contributed by atoms with Crippen molar-refractivity contribution in [3.63, 3.8) is 0 Å². The largest absolute Gasteiger partial charge is 0.496 e. The van der Waals surface area contributed by atoms with Crippen LogP contribution < -0.4 is 16.0 Å². The fraction of sp³-hybridized carbons (Fsp3) is 0.214.